The first-order chi connectivity index (χ1) is 21.6. The van der Waals surface area contributed by atoms with Gasteiger partial charge in [-0.25, -0.2) is 13.4 Å². The molecule has 11 nitrogen and oxygen atoms in total. The third kappa shape index (κ3) is 6.07. The highest BCUT2D eigenvalue weighted by Gasteiger charge is 2.54. The number of aromatic nitrogens is 2. The molecule has 4 heterocycles. The molecule has 4 aliphatic rings. The maximum absolute atomic E-state index is 12.8. The van der Waals surface area contributed by atoms with Crippen molar-refractivity contribution >= 4 is 60.5 Å². The Morgan fingerprint density at radius 3 is 2.44 bits per heavy atom. The van der Waals surface area contributed by atoms with Crippen molar-refractivity contribution < 1.29 is 13.2 Å². The molecule has 0 unspecified atom stereocenters. The van der Waals surface area contributed by atoms with Crippen molar-refractivity contribution in [2.75, 3.05) is 86.1 Å². The van der Waals surface area contributed by atoms with E-state index in [2.05, 4.69) is 65.4 Å². The highest BCUT2D eigenvalue weighted by Crippen LogP contribution is 2.59. The SMILES string of the molecule is COc1cc(N2CCC(N3CCN(C)CC3)CC2)ccc1Nc1ncc(Br)c(Nc2cccc3c2N(S(C)(=O)=O)CC32CC2)n1. The molecule has 1 saturated carbocycles. The van der Waals surface area contributed by atoms with Crippen molar-refractivity contribution in [3.05, 3.63) is 52.6 Å². The van der Waals surface area contributed by atoms with Crippen molar-refractivity contribution in [1.29, 1.82) is 0 Å². The average Bonchev–Trinajstić information content (AvgIpc) is 3.74. The number of fused-ring (bicyclic) bond motifs is 2. The van der Waals surface area contributed by atoms with Gasteiger partial charge in [-0.15, -0.1) is 0 Å². The van der Waals surface area contributed by atoms with Gasteiger partial charge in [-0.1, -0.05) is 12.1 Å². The van der Waals surface area contributed by atoms with Crippen LogP contribution in [0.25, 0.3) is 0 Å². The molecule has 3 aromatic rings. The lowest BCUT2D eigenvalue weighted by Gasteiger charge is -2.42. The van der Waals surface area contributed by atoms with E-state index in [4.69, 9.17) is 9.72 Å². The summed E-state index contributed by atoms with van der Waals surface area (Å²) < 4.78 is 33.5. The molecular weight excluding hydrogens is 656 g/mol. The second-order valence-corrected chi connectivity index (χ2v) is 15.6. The summed E-state index contributed by atoms with van der Waals surface area (Å²) in [5.74, 6) is 1.64. The van der Waals surface area contributed by atoms with E-state index >= 15 is 0 Å². The first kappa shape index (κ1) is 30.5. The van der Waals surface area contributed by atoms with Crippen LogP contribution in [-0.4, -0.2) is 100 Å². The molecule has 2 saturated heterocycles. The zero-order chi connectivity index (χ0) is 31.3. The van der Waals surface area contributed by atoms with Gasteiger partial charge in [0.15, 0.2) is 0 Å². The Balaban J connectivity index is 1.07. The minimum absolute atomic E-state index is 0.0745. The van der Waals surface area contributed by atoms with Gasteiger partial charge < -0.3 is 25.2 Å². The van der Waals surface area contributed by atoms with E-state index in [9.17, 15) is 8.42 Å². The van der Waals surface area contributed by atoms with E-state index in [1.54, 1.807) is 13.3 Å². The summed E-state index contributed by atoms with van der Waals surface area (Å²) in [7, 11) is 0.448. The molecule has 1 aliphatic carbocycles. The Bertz CT molecular complexity index is 1690. The highest BCUT2D eigenvalue weighted by atomic mass is 79.9. The molecule has 1 aromatic heterocycles. The lowest BCUT2D eigenvalue weighted by Crippen LogP contribution is -2.52. The van der Waals surface area contributed by atoms with Gasteiger partial charge in [0.2, 0.25) is 16.0 Å². The number of halogens is 1. The molecule has 1 spiro atoms. The molecule has 2 aromatic carbocycles. The minimum atomic E-state index is -3.43. The predicted molar refractivity (Wildman–Crippen MR) is 183 cm³/mol. The summed E-state index contributed by atoms with van der Waals surface area (Å²) in [5, 5.41) is 6.71. The van der Waals surface area contributed by atoms with Gasteiger partial charge in [0.25, 0.3) is 0 Å². The molecule has 0 atom stereocenters. The van der Waals surface area contributed by atoms with E-state index in [1.807, 2.05) is 24.3 Å². The molecule has 240 valence electrons. The lowest BCUT2D eigenvalue weighted by molar-refractivity contribution is 0.0982. The number of nitrogens with zero attached hydrogens (tertiary/aromatic N) is 6. The van der Waals surface area contributed by atoms with Crippen molar-refractivity contribution in [3.63, 3.8) is 0 Å². The Labute approximate surface area is 274 Å². The lowest BCUT2D eigenvalue weighted by atomic mass is 9.98. The first-order valence-electron chi connectivity index (χ1n) is 15.7. The monoisotopic (exact) mass is 696 g/mol. The summed E-state index contributed by atoms with van der Waals surface area (Å²) in [6.07, 6.45) is 7.28. The molecule has 0 bridgehead atoms. The van der Waals surface area contributed by atoms with Gasteiger partial charge in [-0.2, -0.15) is 4.98 Å². The van der Waals surface area contributed by atoms with Crippen molar-refractivity contribution in [1.82, 2.24) is 19.8 Å². The van der Waals surface area contributed by atoms with Gasteiger partial charge in [0.05, 0.1) is 34.9 Å². The van der Waals surface area contributed by atoms with Crippen LogP contribution in [0.1, 0.15) is 31.2 Å². The number of piperidine rings is 1. The molecule has 7 rings (SSSR count). The number of nitrogens with one attached hydrogen (secondary N) is 2. The van der Waals surface area contributed by atoms with Crippen molar-refractivity contribution in [2.24, 2.45) is 0 Å². The summed E-state index contributed by atoms with van der Waals surface area (Å²) in [5.41, 5.74) is 4.33. The standard InChI is InChI=1S/C32H41BrN8O3S/c1-38-15-17-40(18-16-38)22-9-13-39(14-10-22)23-7-8-26(28(19-23)44-2)36-31-34-20-25(33)30(37-31)35-27-6-4-5-24-29(27)41(45(3,42)43)21-32(24)11-12-32/h4-8,19-20,22H,9-18,21H2,1-3H3,(H2,34,35,36,37). The predicted octanol–water partition coefficient (Wildman–Crippen LogP) is 4.76. The number of hydrogen-bond acceptors (Lipinski definition) is 10. The van der Waals surface area contributed by atoms with Crippen LogP contribution in [0.4, 0.5) is 34.5 Å². The number of benzene rings is 2. The molecule has 2 N–H and O–H groups in total. The minimum Gasteiger partial charge on any atom is -0.494 e. The van der Waals surface area contributed by atoms with Gasteiger partial charge in [-0.05, 0) is 72.4 Å². The van der Waals surface area contributed by atoms with Gasteiger partial charge >= 0.3 is 0 Å². The zero-order valence-electron chi connectivity index (χ0n) is 26.1. The summed E-state index contributed by atoms with van der Waals surface area (Å²) in [4.78, 5) is 16.8. The number of anilines is 6. The smallest absolute Gasteiger partial charge is 0.232 e. The maximum Gasteiger partial charge on any atom is 0.232 e. The van der Waals surface area contributed by atoms with Crippen LogP contribution in [-0.2, 0) is 15.4 Å². The number of ether oxygens (including phenoxy) is 1. The van der Waals surface area contributed by atoms with Crippen LogP contribution >= 0.6 is 15.9 Å². The van der Waals surface area contributed by atoms with Crippen LogP contribution in [0.15, 0.2) is 47.1 Å². The molecular formula is C32H41BrN8O3S. The van der Waals surface area contributed by atoms with Gasteiger partial charge in [0.1, 0.15) is 11.6 Å². The van der Waals surface area contributed by atoms with E-state index < -0.39 is 10.0 Å². The van der Waals surface area contributed by atoms with Crippen molar-refractivity contribution in [3.8, 4) is 5.75 Å². The van der Waals surface area contributed by atoms with Crippen LogP contribution in [0.2, 0.25) is 0 Å². The second kappa shape index (κ2) is 11.9. The summed E-state index contributed by atoms with van der Waals surface area (Å²) in [6.45, 7) is 7.18. The van der Waals surface area contributed by atoms with Gasteiger partial charge in [-0.3, -0.25) is 9.21 Å². The van der Waals surface area contributed by atoms with Crippen LogP contribution in [0.3, 0.4) is 0 Å². The second-order valence-electron chi connectivity index (χ2n) is 12.8. The topological polar surface area (TPSA) is 106 Å². The van der Waals surface area contributed by atoms with Crippen molar-refractivity contribution in [2.45, 2.75) is 37.1 Å². The number of rotatable bonds is 8. The average molecular weight is 698 g/mol. The fourth-order valence-corrected chi connectivity index (χ4v) is 8.36. The quantitative estimate of drug-likeness (QED) is 0.343. The Hall–Kier alpha value is -3.13. The molecule has 3 fully saturated rings. The van der Waals surface area contributed by atoms with E-state index in [1.165, 1.54) is 23.4 Å². The Morgan fingerprint density at radius 2 is 1.76 bits per heavy atom. The summed E-state index contributed by atoms with van der Waals surface area (Å²) in [6, 6.07) is 12.8. The third-order valence-electron chi connectivity index (χ3n) is 9.87. The van der Waals surface area contributed by atoms with E-state index in [-0.39, 0.29) is 5.41 Å². The number of hydrogen-bond donors (Lipinski definition) is 2. The molecule has 0 radical (unpaired) electrons. The summed E-state index contributed by atoms with van der Waals surface area (Å²) >= 11 is 3.57. The highest BCUT2D eigenvalue weighted by molar-refractivity contribution is 9.10. The van der Waals surface area contributed by atoms with Crippen LogP contribution < -0.4 is 24.6 Å². The number of sulfonamides is 1. The Morgan fingerprint density at radius 1 is 1.00 bits per heavy atom. The van der Waals surface area contributed by atoms with Crippen LogP contribution in [0.5, 0.6) is 5.75 Å². The molecule has 3 aliphatic heterocycles. The largest absolute Gasteiger partial charge is 0.494 e. The Kier molecular flexibility index (Phi) is 8.07. The number of piperazine rings is 1. The third-order valence-corrected chi connectivity index (χ3v) is 11.6. The van der Waals surface area contributed by atoms with Gasteiger partial charge in [0, 0.05) is 75.2 Å². The molecule has 13 heteroatoms. The number of para-hydroxylation sites is 1. The van der Waals surface area contributed by atoms with E-state index in [0.717, 1.165) is 69.0 Å². The normalized spacial score (nSPS) is 20.4. The zero-order valence-corrected chi connectivity index (χ0v) is 28.5. The first-order valence-corrected chi connectivity index (χ1v) is 18.3. The van der Waals surface area contributed by atoms with Crippen LogP contribution in [0, 0.1) is 0 Å². The number of methoxy groups -OCH3 is 1. The fourth-order valence-electron chi connectivity index (χ4n) is 7.06. The molecule has 0 amide bonds. The molecule has 45 heavy (non-hydrogen) atoms. The number of likely N-dealkylation sites (N-methyl/N-ethyl adjacent to an activating group) is 1. The fraction of sp³-hybridized carbons (Fsp3) is 0.500. The maximum atomic E-state index is 12.8. The van der Waals surface area contributed by atoms with E-state index in [0.29, 0.717) is 45.9 Å².